The van der Waals surface area contributed by atoms with Gasteiger partial charge in [-0.2, -0.15) is 0 Å². The summed E-state index contributed by atoms with van der Waals surface area (Å²) in [7, 11) is 0. The predicted molar refractivity (Wildman–Crippen MR) is 105 cm³/mol. The fourth-order valence-electron chi connectivity index (χ4n) is 2.98. The molecule has 0 spiro atoms. The summed E-state index contributed by atoms with van der Waals surface area (Å²) in [6.45, 7) is 3.58. The molecule has 7 nitrogen and oxygen atoms in total. The van der Waals surface area contributed by atoms with Gasteiger partial charge in [0.2, 0.25) is 11.9 Å². The molecule has 2 heterocycles. The van der Waals surface area contributed by atoms with Gasteiger partial charge in [0, 0.05) is 30.7 Å². The van der Waals surface area contributed by atoms with Crippen LogP contribution in [0.2, 0.25) is 5.02 Å². The molecule has 2 aromatic rings. The molecule has 2 aliphatic rings. The van der Waals surface area contributed by atoms with Crippen LogP contribution in [0.25, 0.3) is 0 Å². The Balaban J connectivity index is 1.34. The molecule has 0 radical (unpaired) electrons. The highest BCUT2D eigenvalue weighted by atomic mass is 35.5. The molecule has 1 amide bonds. The third-order valence-electron chi connectivity index (χ3n) is 4.59. The van der Waals surface area contributed by atoms with Crippen molar-refractivity contribution in [1.82, 2.24) is 20.1 Å². The Labute approximate surface area is 167 Å². The Morgan fingerprint density at radius 1 is 1.22 bits per heavy atom. The van der Waals surface area contributed by atoms with Crippen LogP contribution in [0.5, 0.6) is 0 Å². The summed E-state index contributed by atoms with van der Waals surface area (Å²) < 4.78 is 7.63. The van der Waals surface area contributed by atoms with Crippen molar-refractivity contribution < 1.29 is 9.53 Å². The van der Waals surface area contributed by atoms with Crippen LogP contribution >= 0.6 is 23.4 Å². The van der Waals surface area contributed by atoms with Gasteiger partial charge in [0.1, 0.15) is 0 Å². The Bertz CT molecular complexity index is 788. The first-order valence-electron chi connectivity index (χ1n) is 9.12. The molecule has 1 N–H and O–H groups in total. The number of halogens is 1. The van der Waals surface area contributed by atoms with Gasteiger partial charge >= 0.3 is 0 Å². The van der Waals surface area contributed by atoms with Gasteiger partial charge < -0.3 is 15.0 Å². The number of benzene rings is 1. The second kappa shape index (κ2) is 8.50. The summed E-state index contributed by atoms with van der Waals surface area (Å²) in [6, 6.07) is 7.92. The average Bonchev–Trinajstić information content (AvgIpc) is 3.45. The number of ether oxygens (including phenoxy) is 1. The topological polar surface area (TPSA) is 72.3 Å². The van der Waals surface area contributed by atoms with Crippen molar-refractivity contribution in [2.45, 2.75) is 30.6 Å². The lowest BCUT2D eigenvalue weighted by molar-refractivity contribution is -0.118. The molecular weight excluding hydrogens is 386 g/mol. The highest BCUT2D eigenvalue weighted by Gasteiger charge is 2.32. The Hall–Kier alpha value is -1.77. The summed E-state index contributed by atoms with van der Waals surface area (Å²) in [5, 5.41) is 13.2. The quantitative estimate of drug-likeness (QED) is 0.711. The maximum Gasteiger partial charge on any atom is 0.230 e. The van der Waals surface area contributed by atoms with Crippen LogP contribution in [0.1, 0.15) is 24.4 Å². The summed E-state index contributed by atoms with van der Waals surface area (Å²) in [4.78, 5) is 14.4. The second-order valence-electron chi connectivity index (χ2n) is 6.68. The number of anilines is 1. The lowest BCUT2D eigenvalue weighted by Gasteiger charge is -2.27. The standard InChI is InChI=1S/C18H22ClN5O2S/c19-14-3-1-13(2-4-14)11-20-16(25)12-27-18-22-21-17(24(18)15-5-6-15)23-7-9-26-10-8-23/h1-4,15H,5-12H2,(H,20,25). The van der Waals surface area contributed by atoms with Gasteiger partial charge in [-0.3, -0.25) is 9.36 Å². The second-order valence-corrected chi connectivity index (χ2v) is 8.05. The van der Waals surface area contributed by atoms with Crippen molar-refractivity contribution in [1.29, 1.82) is 0 Å². The first-order valence-corrected chi connectivity index (χ1v) is 10.5. The molecule has 2 fully saturated rings. The smallest absolute Gasteiger partial charge is 0.230 e. The normalized spacial score (nSPS) is 17.1. The summed E-state index contributed by atoms with van der Waals surface area (Å²) in [6.07, 6.45) is 2.29. The van der Waals surface area contributed by atoms with E-state index in [1.165, 1.54) is 11.8 Å². The molecule has 27 heavy (non-hydrogen) atoms. The first-order chi connectivity index (χ1) is 13.2. The van der Waals surface area contributed by atoms with Gasteiger partial charge in [-0.25, -0.2) is 0 Å². The number of morpholine rings is 1. The molecule has 0 atom stereocenters. The fraction of sp³-hybridized carbons (Fsp3) is 0.500. The number of hydrogen-bond acceptors (Lipinski definition) is 6. The molecule has 4 rings (SSSR count). The van der Waals surface area contributed by atoms with E-state index in [2.05, 4.69) is 25.0 Å². The van der Waals surface area contributed by atoms with E-state index < -0.39 is 0 Å². The molecule has 1 aliphatic heterocycles. The number of carbonyl (C=O) groups excluding carboxylic acids is 1. The summed E-state index contributed by atoms with van der Waals surface area (Å²) in [5.74, 6) is 1.21. The Kier molecular flexibility index (Phi) is 5.85. The van der Waals surface area contributed by atoms with Crippen molar-refractivity contribution in [3.05, 3.63) is 34.9 Å². The minimum atomic E-state index is -0.0202. The lowest BCUT2D eigenvalue weighted by Crippen LogP contribution is -2.38. The molecule has 144 valence electrons. The molecule has 9 heteroatoms. The molecule has 0 bridgehead atoms. The van der Waals surface area contributed by atoms with E-state index in [9.17, 15) is 4.79 Å². The van der Waals surface area contributed by atoms with Crippen LogP contribution in [0.4, 0.5) is 5.95 Å². The SMILES string of the molecule is O=C(CSc1nnc(N2CCOCC2)n1C1CC1)NCc1ccc(Cl)cc1. The highest BCUT2D eigenvalue weighted by molar-refractivity contribution is 7.99. The zero-order valence-corrected chi connectivity index (χ0v) is 16.5. The number of rotatable bonds is 7. The maximum atomic E-state index is 12.2. The summed E-state index contributed by atoms with van der Waals surface area (Å²) in [5.41, 5.74) is 1.02. The molecule has 1 saturated heterocycles. The number of nitrogens with zero attached hydrogens (tertiary/aromatic N) is 4. The predicted octanol–water partition coefficient (Wildman–Crippen LogP) is 2.51. The van der Waals surface area contributed by atoms with Crippen molar-refractivity contribution >= 4 is 35.2 Å². The van der Waals surface area contributed by atoms with Gasteiger partial charge in [0.05, 0.1) is 19.0 Å². The van der Waals surface area contributed by atoms with Gasteiger partial charge in [0.25, 0.3) is 0 Å². The van der Waals surface area contributed by atoms with Crippen molar-refractivity contribution in [3.8, 4) is 0 Å². The number of carbonyl (C=O) groups is 1. The molecular formula is C18H22ClN5O2S. The van der Waals surface area contributed by atoms with Crippen LogP contribution in [-0.4, -0.2) is 52.7 Å². The van der Waals surface area contributed by atoms with E-state index in [0.29, 0.717) is 36.6 Å². The zero-order valence-electron chi connectivity index (χ0n) is 14.9. The fourth-order valence-corrected chi connectivity index (χ4v) is 3.94. The summed E-state index contributed by atoms with van der Waals surface area (Å²) >= 11 is 7.32. The number of amides is 1. The van der Waals surface area contributed by atoms with Crippen LogP contribution in [0.15, 0.2) is 29.4 Å². The van der Waals surface area contributed by atoms with Gasteiger partial charge in [-0.1, -0.05) is 35.5 Å². The maximum absolute atomic E-state index is 12.2. The van der Waals surface area contributed by atoms with Crippen molar-refractivity contribution in [3.63, 3.8) is 0 Å². The monoisotopic (exact) mass is 407 g/mol. The number of hydrogen-bond donors (Lipinski definition) is 1. The van der Waals surface area contributed by atoms with E-state index in [0.717, 1.165) is 42.6 Å². The molecule has 1 aliphatic carbocycles. The van der Waals surface area contributed by atoms with E-state index in [-0.39, 0.29) is 5.91 Å². The van der Waals surface area contributed by atoms with Crippen molar-refractivity contribution in [2.75, 3.05) is 37.0 Å². The molecule has 1 aromatic carbocycles. The molecule has 1 saturated carbocycles. The van der Waals surface area contributed by atoms with Crippen LogP contribution in [0.3, 0.4) is 0 Å². The number of nitrogens with one attached hydrogen (secondary N) is 1. The van der Waals surface area contributed by atoms with Gasteiger partial charge in [-0.05, 0) is 30.5 Å². The van der Waals surface area contributed by atoms with Crippen LogP contribution < -0.4 is 10.2 Å². The van der Waals surface area contributed by atoms with Crippen molar-refractivity contribution in [2.24, 2.45) is 0 Å². The lowest BCUT2D eigenvalue weighted by atomic mass is 10.2. The van der Waals surface area contributed by atoms with Gasteiger partial charge in [-0.15, -0.1) is 10.2 Å². The highest BCUT2D eigenvalue weighted by Crippen LogP contribution is 2.41. The largest absolute Gasteiger partial charge is 0.378 e. The number of thioether (sulfide) groups is 1. The minimum absolute atomic E-state index is 0.0202. The first kappa shape index (κ1) is 18.6. The van der Waals surface area contributed by atoms with E-state index in [1.807, 2.05) is 24.3 Å². The van der Waals surface area contributed by atoms with E-state index in [1.54, 1.807) is 0 Å². The Morgan fingerprint density at radius 3 is 2.67 bits per heavy atom. The zero-order chi connectivity index (χ0) is 18.6. The minimum Gasteiger partial charge on any atom is -0.378 e. The average molecular weight is 408 g/mol. The van der Waals surface area contributed by atoms with E-state index in [4.69, 9.17) is 16.3 Å². The van der Waals surface area contributed by atoms with Crippen LogP contribution in [-0.2, 0) is 16.1 Å². The molecule has 0 unspecified atom stereocenters. The van der Waals surface area contributed by atoms with Crippen LogP contribution in [0, 0.1) is 0 Å². The third-order valence-corrected chi connectivity index (χ3v) is 5.78. The molecule has 1 aromatic heterocycles. The number of aromatic nitrogens is 3. The van der Waals surface area contributed by atoms with Gasteiger partial charge in [0.15, 0.2) is 5.16 Å². The Morgan fingerprint density at radius 2 is 1.96 bits per heavy atom. The third kappa shape index (κ3) is 4.75. The van der Waals surface area contributed by atoms with E-state index >= 15 is 0 Å².